The first-order valence-corrected chi connectivity index (χ1v) is 9.00. The Labute approximate surface area is 146 Å². The Morgan fingerprint density at radius 1 is 1.33 bits per heavy atom. The van der Waals surface area contributed by atoms with E-state index in [0.29, 0.717) is 13.1 Å². The molecule has 3 heterocycles. The van der Waals surface area contributed by atoms with Gasteiger partial charge in [0.1, 0.15) is 0 Å². The topological polar surface area (TPSA) is 57.5 Å². The van der Waals surface area contributed by atoms with E-state index >= 15 is 0 Å². The van der Waals surface area contributed by atoms with Gasteiger partial charge in [-0.15, -0.1) is 11.3 Å². The number of aryl methyl sites for hydroxylation is 2. The van der Waals surface area contributed by atoms with Gasteiger partial charge in [-0.05, 0) is 6.92 Å². The molecule has 0 unspecified atom stereocenters. The monoisotopic (exact) mass is 348 g/mol. The minimum atomic E-state index is 0.150. The summed E-state index contributed by atoms with van der Waals surface area (Å²) in [5.41, 5.74) is 2.13. The van der Waals surface area contributed by atoms with E-state index in [9.17, 15) is 4.79 Å². The van der Waals surface area contributed by atoms with Gasteiger partial charge in [-0.3, -0.25) is 14.4 Å². The molecule has 0 aliphatic carbocycles. The first kappa shape index (κ1) is 16.9. The third-order valence-electron chi connectivity index (χ3n) is 4.21. The summed E-state index contributed by atoms with van der Waals surface area (Å²) in [5, 5.41) is 7.31. The highest BCUT2D eigenvalue weighted by molar-refractivity contribution is 7.13. The average molecular weight is 348 g/mol. The maximum atomic E-state index is 12.4. The van der Waals surface area contributed by atoms with E-state index in [0.717, 1.165) is 42.6 Å². The largest absolute Gasteiger partial charge is 0.346 e. The van der Waals surface area contributed by atoms with Crippen molar-refractivity contribution in [2.45, 2.75) is 13.5 Å². The third-order valence-corrected chi connectivity index (χ3v) is 5.23. The normalized spacial score (nSPS) is 15.7. The lowest BCUT2D eigenvalue weighted by Crippen LogP contribution is -2.49. The molecular formula is C16H24N6OS. The summed E-state index contributed by atoms with van der Waals surface area (Å²) >= 11 is 1.69. The van der Waals surface area contributed by atoms with Crippen molar-refractivity contribution in [1.29, 1.82) is 0 Å². The summed E-state index contributed by atoms with van der Waals surface area (Å²) in [5.74, 6) is 0.150. The molecule has 1 saturated heterocycles. The van der Waals surface area contributed by atoms with Gasteiger partial charge in [-0.25, -0.2) is 4.98 Å². The Hall–Kier alpha value is -1.93. The number of carbonyl (C=O) groups excluding carboxylic acids is 1. The molecule has 1 amide bonds. The van der Waals surface area contributed by atoms with Gasteiger partial charge in [0.15, 0.2) is 5.13 Å². The molecule has 0 atom stereocenters. The van der Waals surface area contributed by atoms with Crippen LogP contribution in [0.15, 0.2) is 17.8 Å². The Bertz CT molecular complexity index is 688. The second-order valence-corrected chi connectivity index (χ2v) is 7.14. The van der Waals surface area contributed by atoms with Crippen LogP contribution in [0.1, 0.15) is 11.3 Å². The maximum Gasteiger partial charge on any atom is 0.236 e. The zero-order valence-electron chi connectivity index (χ0n) is 14.5. The molecule has 7 nitrogen and oxygen atoms in total. The molecule has 0 aromatic carbocycles. The standard InChI is InChI=1S/C16H24N6OS/c1-13-12-24-16(18-13)22-6-4-21(5-7-22)11-15(23)19(2)9-14-8-17-20(3)10-14/h8,10,12H,4-7,9,11H2,1-3H3. The predicted octanol–water partition coefficient (Wildman–Crippen LogP) is 0.966. The fourth-order valence-electron chi connectivity index (χ4n) is 2.81. The SMILES string of the molecule is Cc1csc(N2CCN(CC(=O)N(C)Cc3cnn(C)c3)CC2)n1. The molecule has 1 aliphatic heterocycles. The number of thiazole rings is 1. The van der Waals surface area contributed by atoms with Crippen LogP contribution in [0, 0.1) is 6.92 Å². The highest BCUT2D eigenvalue weighted by Crippen LogP contribution is 2.21. The Morgan fingerprint density at radius 3 is 2.67 bits per heavy atom. The van der Waals surface area contributed by atoms with Crippen molar-refractivity contribution in [3.05, 3.63) is 29.0 Å². The van der Waals surface area contributed by atoms with E-state index in [1.807, 2.05) is 27.2 Å². The summed E-state index contributed by atoms with van der Waals surface area (Å²) in [4.78, 5) is 23.2. The molecule has 2 aromatic rings. The number of nitrogens with zero attached hydrogens (tertiary/aromatic N) is 6. The maximum absolute atomic E-state index is 12.4. The van der Waals surface area contributed by atoms with Crippen molar-refractivity contribution in [2.75, 3.05) is 44.7 Å². The van der Waals surface area contributed by atoms with E-state index in [1.54, 1.807) is 27.1 Å². The molecule has 1 aliphatic rings. The molecule has 1 fully saturated rings. The van der Waals surface area contributed by atoms with Gasteiger partial charge in [-0.2, -0.15) is 5.10 Å². The van der Waals surface area contributed by atoms with Crippen LogP contribution < -0.4 is 4.90 Å². The van der Waals surface area contributed by atoms with E-state index in [4.69, 9.17) is 0 Å². The molecule has 8 heteroatoms. The van der Waals surface area contributed by atoms with Crippen LogP contribution in [0.5, 0.6) is 0 Å². The number of anilines is 1. The van der Waals surface area contributed by atoms with Crippen LogP contribution in [0.3, 0.4) is 0 Å². The molecule has 3 rings (SSSR count). The minimum absolute atomic E-state index is 0.150. The summed E-state index contributed by atoms with van der Waals surface area (Å²) in [7, 11) is 3.73. The third kappa shape index (κ3) is 4.12. The Morgan fingerprint density at radius 2 is 2.08 bits per heavy atom. The number of carbonyl (C=O) groups is 1. The Balaban J connectivity index is 1.45. The summed E-state index contributed by atoms with van der Waals surface area (Å²) in [6.07, 6.45) is 3.75. The molecule has 2 aromatic heterocycles. The number of aromatic nitrogens is 3. The summed E-state index contributed by atoms with van der Waals surface area (Å²) < 4.78 is 1.76. The van der Waals surface area contributed by atoms with Crippen molar-refractivity contribution < 1.29 is 4.79 Å². The second kappa shape index (κ2) is 7.31. The zero-order valence-corrected chi connectivity index (χ0v) is 15.3. The van der Waals surface area contributed by atoms with Crippen molar-refractivity contribution in [2.24, 2.45) is 7.05 Å². The molecule has 24 heavy (non-hydrogen) atoms. The first-order chi connectivity index (χ1) is 11.5. The lowest BCUT2D eigenvalue weighted by Gasteiger charge is -2.34. The quantitative estimate of drug-likeness (QED) is 0.806. The molecule has 0 bridgehead atoms. The van der Waals surface area contributed by atoms with Crippen LogP contribution in [0.2, 0.25) is 0 Å². The van der Waals surface area contributed by atoms with Crippen LogP contribution >= 0.6 is 11.3 Å². The molecule has 0 saturated carbocycles. The van der Waals surface area contributed by atoms with E-state index in [1.165, 1.54) is 0 Å². The van der Waals surface area contributed by atoms with E-state index < -0.39 is 0 Å². The zero-order chi connectivity index (χ0) is 17.1. The fourth-order valence-corrected chi connectivity index (χ4v) is 3.67. The summed E-state index contributed by atoms with van der Waals surface area (Å²) in [6, 6.07) is 0. The molecule has 0 radical (unpaired) electrons. The van der Waals surface area contributed by atoms with E-state index in [2.05, 4.69) is 25.3 Å². The molecular weight excluding hydrogens is 324 g/mol. The highest BCUT2D eigenvalue weighted by Gasteiger charge is 2.22. The molecule has 130 valence electrons. The van der Waals surface area contributed by atoms with Gasteiger partial charge < -0.3 is 9.80 Å². The number of hydrogen-bond donors (Lipinski definition) is 0. The average Bonchev–Trinajstić information content (AvgIpc) is 3.16. The summed E-state index contributed by atoms with van der Waals surface area (Å²) in [6.45, 7) is 6.73. The minimum Gasteiger partial charge on any atom is -0.346 e. The van der Waals surface area contributed by atoms with Gasteiger partial charge in [0.2, 0.25) is 5.91 Å². The van der Waals surface area contributed by atoms with Gasteiger partial charge in [0, 0.05) is 64.0 Å². The van der Waals surface area contributed by atoms with Crippen LogP contribution in [0.4, 0.5) is 5.13 Å². The van der Waals surface area contributed by atoms with Crippen molar-refractivity contribution in [3.8, 4) is 0 Å². The van der Waals surface area contributed by atoms with Crippen molar-refractivity contribution >= 4 is 22.4 Å². The number of hydrogen-bond acceptors (Lipinski definition) is 6. The molecule has 0 spiro atoms. The van der Waals surface area contributed by atoms with Crippen LogP contribution in [-0.4, -0.2) is 70.2 Å². The number of rotatable bonds is 5. The van der Waals surface area contributed by atoms with Gasteiger partial charge in [-0.1, -0.05) is 0 Å². The second-order valence-electron chi connectivity index (χ2n) is 6.31. The Kier molecular flexibility index (Phi) is 5.15. The first-order valence-electron chi connectivity index (χ1n) is 8.12. The highest BCUT2D eigenvalue weighted by atomic mass is 32.1. The number of amides is 1. The van der Waals surface area contributed by atoms with Gasteiger partial charge >= 0.3 is 0 Å². The van der Waals surface area contributed by atoms with Crippen LogP contribution in [-0.2, 0) is 18.4 Å². The van der Waals surface area contributed by atoms with Gasteiger partial charge in [0.25, 0.3) is 0 Å². The fraction of sp³-hybridized carbons (Fsp3) is 0.562. The lowest BCUT2D eigenvalue weighted by molar-refractivity contribution is -0.131. The van der Waals surface area contributed by atoms with Crippen LogP contribution in [0.25, 0.3) is 0 Å². The number of likely N-dealkylation sites (N-methyl/N-ethyl adjacent to an activating group) is 1. The van der Waals surface area contributed by atoms with Crippen molar-refractivity contribution in [3.63, 3.8) is 0 Å². The lowest BCUT2D eigenvalue weighted by atomic mass is 10.3. The smallest absolute Gasteiger partial charge is 0.236 e. The molecule has 0 N–H and O–H groups in total. The number of piperazine rings is 1. The van der Waals surface area contributed by atoms with E-state index in [-0.39, 0.29) is 5.91 Å². The van der Waals surface area contributed by atoms with Gasteiger partial charge in [0.05, 0.1) is 18.4 Å². The predicted molar refractivity (Wildman–Crippen MR) is 95.2 cm³/mol. The van der Waals surface area contributed by atoms with Crippen molar-refractivity contribution in [1.82, 2.24) is 24.6 Å².